The van der Waals surface area contributed by atoms with Gasteiger partial charge in [0.05, 0.1) is 23.9 Å². The molecule has 0 spiro atoms. The predicted molar refractivity (Wildman–Crippen MR) is 125 cm³/mol. The molecular formula is C24H21ClN2O4S. The summed E-state index contributed by atoms with van der Waals surface area (Å²) in [5.74, 6) is -1.08. The Morgan fingerprint density at radius 2 is 1.78 bits per heavy atom. The van der Waals surface area contributed by atoms with Gasteiger partial charge in [0.2, 0.25) is 0 Å². The fourth-order valence-corrected chi connectivity index (χ4v) is 4.64. The number of rotatable bonds is 5. The van der Waals surface area contributed by atoms with Gasteiger partial charge in [-0.3, -0.25) is 14.5 Å². The van der Waals surface area contributed by atoms with Gasteiger partial charge < -0.3 is 9.84 Å². The van der Waals surface area contributed by atoms with Crippen LogP contribution >= 0.6 is 22.9 Å². The van der Waals surface area contributed by atoms with Crippen molar-refractivity contribution in [1.82, 2.24) is 4.98 Å². The van der Waals surface area contributed by atoms with Crippen LogP contribution in [0.15, 0.2) is 54.1 Å². The van der Waals surface area contributed by atoms with Crippen LogP contribution in [-0.2, 0) is 9.59 Å². The maximum atomic E-state index is 13.1. The van der Waals surface area contributed by atoms with Gasteiger partial charge in [0.1, 0.15) is 11.5 Å². The fourth-order valence-electron chi connectivity index (χ4n) is 3.58. The van der Waals surface area contributed by atoms with Crippen LogP contribution in [0.4, 0.5) is 5.13 Å². The Kier molecular flexibility index (Phi) is 6.04. The molecule has 0 radical (unpaired) electrons. The Morgan fingerprint density at radius 3 is 2.34 bits per heavy atom. The third-order valence-corrected chi connectivity index (χ3v) is 6.62. The Labute approximate surface area is 194 Å². The fraction of sp³-hybridized carbons (Fsp3) is 0.208. The molecule has 1 aliphatic heterocycles. The summed E-state index contributed by atoms with van der Waals surface area (Å²) in [7, 11) is 0. The highest BCUT2D eigenvalue weighted by molar-refractivity contribution is 7.16. The van der Waals surface area contributed by atoms with E-state index in [1.54, 1.807) is 48.5 Å². The molecule has 3 aromatic rings. The minimum atomic E-state index is -0.827. The molecule has 164 valence electrons. The van der Waals surface area contributed by atoms with E-state index < -0.39 is 17.7 Å². The van der Waals surface area contributed by atoms with Crippen molar-refractivity contribution in [2.24, 2.45) is 0 Å². The zero-order chi connectivity index (χ0) is 23.0. The number of carbonyl (C=O) groups is 2. The number of amides is 1. The largest absolute Gasteiger partial charge is 0.507 e. The number of benzene rings is 2. The third kappa shape index (κ3) is 3.89. The van der Waals surface area contributed by atoms with E-state index in [1.165, 1.54) is 16.2 Å². The lowest BCUT2D eigenvalue weighted by atomic mass is 9.95. The van der Waals surface area contributed by atoms with Crippen molar-refractivity contribution in [3.8, 4) is 5.75 Å². The third-order valence-electron chi connectivity index (χ3n) is 5.29. The number of ketones is 1. The Balaban J connectivity index is 1.90. The number of aliphatic hydroxyl groups is 1. The number of hydrogen-bond donors (Lipinski definition) is 1. The molecule has 2 heterocycles. The number of aliphatic hydroxyl groups excluding tert-OH is 1. The second-order valence-electron chi connectivity index (χ2n) is 7.32. The summed E-state index contributed by atoms with van der Waals surface area (Å²) >= 11 is 7.30. The molecule has 0 bridgehead atoms. The van der Waals surface area contributed by atoms with Crippen molar-refractivity contribution < 1.29 is 19.4 Å². The molecule has 1 N–H and O–H groups in total. The molecule has 0 saturated carbocycles. The number of aromatic nitrogens is 1. The monoisotopic (exact) mass is 468 g/mol. The van der Waals surface area contributed by atoms with Crippen molar-refractivity contribution in [2.45, 2.75) is 26.8 Å². The van der Waals surface area contributed by atoms with Gasteiger partial charge in [-0.2, -0.15) is 0 Å². The summed E-state index contributed by atoms with van der Waals surface area (Å²) in [6, 6.07) is 12.8. The number of carbonyl (C=O) groups excluding carboxylic acids is 2. The van der Waals surface area contributed by atoms with E-state index in [2.05, 4.69) is 4.98 Å². The van der Waals surface area contributed by atoms with E-state index in [0.717, 1.165) is 10.6 Å². The van der Waals surface area contributed by atoms with Crippen molar-refractivity contribution >= 4 is 45.5 Å². The lowest BCUT2D eigenvalue weighted by molar-refractivity contribution is -0.132. The molecule has 1 aliphatic rings. The first-order chi connectivity index (χ1) is 15.3. The maximum absolute atomic E-state index is 13.1. The molecule has 32 heavy (non-hydrogen) atoms. The SMILES string of the molecule is CCOc1ccc([C@@H]2/C(=C(\O)c3ccc(Cl)cc3)C(=O)C(=O)N2c2nc(C)c(C)s2)cc1. The Hall–Kier alpha value is -3.16. The van der Waals surface area contributed by atoms with Crippen molar-refractivity contribution in [3.05, 3.63) is 80.8 Å². The van der Waals surface area contributed by atoms with Gasteiger partial charge >= 0.3 is 5.91 Å². The Bertz CT molecular complexity index is 1200. The number of Topliss-reactive ketones (excluding diaryl/α,β-unsaturated/α-hetero) is 1. The van der Waals surface area contributed by atoms with Crippen LogP contribution in [0.1, 0.15) is 34.7 Å². The molecule has 6 nitrogen and oxygen atoms in total. The first-order valence-corrected chi connectivity index (χ1v) is 11.2. The van der Waals surface area contributed by atoms with E-state index >= 15 is 0 Å². The predicted octanol–water partition coefficient (Wildman–Crippen LogP) is 5.44. The van der Waals surface area contributed by atoms with Gasteiger partial charge in [0.25, 0.3) is 5.78 Å². The summed E-state index contributed by atoms with van der Waals surface area (Å²) < 4.78 is 5.52. The highest BCUT2D eigenvalue weighted by Crippen LogP contribution is 2.44. The summed E-state index contributed by atoms with van der Waals surface area (Å²) in [4.78, 5) is 33.1. The summed E-state index contributed by atoms with van der Waals surface area (Å²) in [6.45, 7) is 6.17. The molecular weight excluding hydrogens is 448 g/mol. The average Bonchev–Trinajstić information content (AvgIpc) is 3.24. The van der Waals surface area contributed by atoms with Crippen LogP contribution in [0.2, 0.25) is 5.02 Å². The summed E-state index contributed by atoms with van der Waals surface area (Å²) in [5.41, 5.74) is 1.85. The number of anilines is 1. The van der Waals surface area contributed by atoms with Gasteiger partial charge in [-0.15, -0.1) is 11.3 Å². The molecule has 1 aromatic heterocycles. The minimum absolute atomic E-state index is 0.00647. The van der Waals surface area contributed by atoms with E-state index in [-0.39, 0.29) is 11.3 Å². The maximum Gasteiger partial charge on any atom is 0.301 e. The first kappa shape index (κ1) is 22.0. The number of ether oxygens (including phenoxy) is 1. The molecule has 1 fully saturated rings. The molecule has 2 aromatic carbocycles. The van der Waals surface area contributed by atoms with Crippen LogP contribution in [0, 0.1) is 13.8 Å². The summed E-state index contributed by atoms with van der Waals surface area (Å²) in [6.07, 6.45) is 0. The Morgan fingerprint density at radius 1 is 1.12 bits per heavy atom. The molecule has 4 rings (SSSR count). The minimum Gasteiger partial charge on any atom is -0.507 e. The van der Waals surface area contributed by atoms with Gasteiger partial charge in [-0.1, -0.05) is 23.7 Å². The number of halogens is 1. The molecule has 0 aliphatic carbocycles. The van der Waals surface area contributed by atoms with Crippen LogP contribution < -0.4 is 9.64 Å². The van der Waals surface area contributed by atoms with E-state index in [9.17, 15) is 14.7 Å². The summed E-state index contributed by atoms with van der Waals surface area (Å²) in [5, 5.41) is 12.0. The van der Waals surface area contributed by atoms with E-state index in [1.807, 2.05) is 20.8 Å². The smallest absolute Gasteiger partial charge is 0.301 e. The standard InChI is InChI=1S/C24H21ClN2O4S/c1-4-31-18-11-7-15(8-12-18)20-19(21(28)16-5-9-17(25)10-6-16)22(29)23(30)27(20)24-26-13(2)14(3)32-24/h5-12,20,28H,4H2,1-3H3/b21-19+/t20-/m1/s1. The number of nitrogens with zero attached hydrogens (tertiary/aromatic N) is 2. The van der Waals surface area contributed by atoms with Gasteiger partial charge in [-0.25, -0.2) is 4.98 Å². The van der Waals surface area contributed by atoms with Crippen LogP contribution in [0.3, 0.4) is 0 Å². The topological polar surface area (TPSA) is 79.7 Å². The highest BCUT2D eigenvalue weighted by atomic mass is 35.5. The number of thiazole rings is 1. The van der Waals surface area contributed by atoms with E-state index in [4.69, 9.17) is 16.3 Å². The lowest BCUT2D eigenvalue weighted by Gasteiger charge is -2.23. The highest BCUT2D eigenvalue weighted by Gasteiger charge is 2.48. The van der Waals surface area contributed by atoms with E-state index in [0.29, 0.717) is 33.6 Å². The molecule has 1 saturated heterocycles. The first-order valence-electron chi connectivity index (χ1n) is 10.1. The molecule has 8 heteroatoms. The number of aryl methyl sites for hydroxylation is 2. The normalized spacial score (nSPS) is 17.8. The van der Waals surface area contributed by atoms with Crippen LogP contribution in [-0.4, -0.2) is 28.4 Å². The van der Waals surface area contributed by atoms with Gasteiger partial charge in [0.15, 0.2) is 5.13 Å². The second kappa shape index (κ2) is 8.76. The zero-order valence-corrected chi connectivity index (χ0v) is 19.3. The average molecular weight is 469 g/mol. The molecule has 1 atom stereocenters. The van der Waals surface area contributed by atoms with Crippen molar-refractivity contribution in [2.75, 3.05) is 11.5 Å². The van der Waals surface area contributed by atoms with Crippen molar-refractivity contribution in [1.29, 1.82) is 0 Å². The second-order valence-corrected chi connectivity index (χ2v) is 8.93. The lowest BCUT2D eigenvalue weighted by Crippen LogP contribution is -2.29. The van der Waals surface area contributed by atoms with Crippen LogP contribution in [0.25, 0.3) is 5.76 Å². The molecule has 1 amide bonds. The quantitative estimate of drug-likeness (QED) is 0.306. The zero-order valence-electron chi connectivity index (χ0n) is 17.8. The van der Waals surface area contributed by atoms with Crippen LogP contribution in [0.5, 0.6) is 5.75 Å². The van der Waals surface area contributed by atoms with Crippen molar-refractivity contribution in [3.63, 3.8) is 0 Å². The van der Waals surface area contributed by atoms with Gasteiger partial charge in [-0.05, 0) is 62.7 Å². The number of hydrogen-bond acceptors (Lipinski definition) is 6. The van der Waals surface area contributed by atoms with Gasteiger partial charge in [0, 0.05) is 15.5 Å². The molecule has 0 unspecified atom stereocenters.